The SMILES string of the molecule is CCOC(=O)C(Cc1ccc(OCCN(C)C2c3ccc(C)cc3CCc3cc(-c4ccccc4)ccc32)cc1)OCC. The highest BCUT2D eigenvalue weighted by Crippen LogP contribution is 2.38. The molecule has 224 valence electrons. The lowest BCUT2D eigenvalue weighted by Gasteiger charge is -2.30. The Morgan fingerprint density at radius 2 is 1.53 bits per heavy atom. The summed E-state index contributed by atoms with van der Waals surface area (Å²) < 4.78 is 17.0. The van der Waals surface area contributed by atoms with E-state index in [1.807, 2.05) is 31.2 Å². The van der Waals surface area contributed by atoms with Crippen LogP contribution in [-0.4, -0.2) is 50.4 Å². The van der Waals surface area contributed by atoms with Gasteiger partial charge in [0.15, 0.2) is 6.10 Å². The minimum Gasteiger partial charge on any atom is -0.492 e. The first-order valence-corrected chi connectivity index (χ1v) is 15.4. The summed E-state index contributed by atoms with van der Waals surface area (Å²) in [7, 11) is 2.20. The molecule has 0 heterocycles. The van der Waals surface area contributed by atoms with Gasteiger partial charge in [-0.2, -0.15) is 0 Å². The van der Waals surface area contributed by atoms with E-state index in [-0.39, 0.29) is 12.0 Å². The number of ether oxygens (including phenoxy) is 3. The maximum atomic E-state index is 12.2. The van der Waals surface area contributed by atoms with Crippen LogP contribution in [0.5, 0.6) is 5.75 Å². The van der Waals surface area contributed by atoms with Gasteiger partial charge >= 0.3 is 5.97 Å². The Morgan fingerprint density at radius 1 is 0.837 bits per heavy atom. The molecule has 0 amide bonds. The molecule has 0 fully saturated rings. The maximum Gasteiger partial charge on any atom is 0.335 e. The van der Waals surface area contributed by atoms with Gasteiger partial charge in [-0.1, -0.05) is 84.4 Å². The van der Waals surface area contributed by atoms with Crippen molar-refractivity contribution in [2.75, 3.05) is 33.4 Å². The molecule has 2 atom stereocenters. The predicted octanol–water partition coefficient (Wildman–Crippen LogP) is 7.37. The number of hydrogen-bond acceptors (Lipinski definition) is 5. The van der Waals surface area contributed by atoms with Gasteiger partial charge in [0.2, 0.25) is 0 Å². The minimum atomic E-state index is -0.594. The third kappa shape index (κ3) is 7.54. The Hall–Kier alpha value is -3.93. The fourth-order valence-corrected chi connectivity index (χ4v) is 6.05. The lowest BCUT2D eigenvalue weighted by atomic mass is 9.91. The van der Waals surface area contributed by atoms with Crippen molar-refractivity contribution in [2.45, 2.75) is 52.2 Å². The van der Waals surface area contributed by atoms with Crippen LogP contribution in [0, 0.1) is 6.92 Å². The van der Waals surface area contributed by atoms with Crippen molar-refractivity contribution in [1.82, 2.24) is 4.90 Å². The molecule has 2 unspecified atom stereocenters. The van der Waals surface area contributed by atoms with Gasteiger partial charge in [-0.25, -0.2) is 4.79 Å². The van der Waals surface area contributed by atoms with Gasteiger partial charge in [0.1, 0.15) is 12.4 Å². The molecule has 0 aliphatic heterocycles. The second-order valence-electron chi connectivity index (χ2n) is 11.3. The molecule has 1 aliphatic carbocycles. The van der Waals surface area contributed by atoms with Crippen LogP contribution in [0.4, 0.5) is 0 Å². The minimum absolute atomic E-state index is 0.155. The summed E-state index contributed by atoms with van der Waals surface area (Å²) >= 11 is 0. The van der Waals surface area contributed by atoms with Gasteiger partial charge in [0.25, 0.3) is 0 Å². The molecule has 0 bridgehead atoms. The van der Waals surface area contributed by atoms with Crippen molar-refractivity contribution in [3.05, 3.63) is 124 Å². The Labute approximate surface area is 256 Å². The molecule has 0 aromatic heterocycles. The molecular weight excluding hydrogens is 534 g/mol. The van der Waals surface area contributed by atoms with Crippen molar-refractivity contribution >= 4 is 5.97 Å². The highest BCUT2D eigenvalue weighted by atomic mass is 16.6. The summed E-state index contributed by atoms with van der Waals surface area (Å²) in [4.78, 5) is 14.7. The number of aryl methyl sites for hydroxylation is 3. The molecule has 0 N–H and O–H groups in total. The summed E-state index contributed by atoms with van der Waals surface area (Å²) in [6.45, 7) is 8.01. The molecule has 0 spiro atoms. The molecular formula is C38H43NO4. The van der Waals surface area contributed by atoms with Crippen molar-refractivity contribution < 1.29 is 19.0 Å². The monoisotopic (exact) mass is 577 g/mol. The second-order valence-corrected chi connectivity index (χ2v) is 11.3. The Kier molecular flexibility index (Phi) is 10.3. The molecule has 0 saturated carbocycles. The van der Waals surface area contributed by atoms with E-state index in [4.69, 9.17) is 14.2 Å². The predicted molar refractivity (Wildman–Crippen MR) is 173 cm³/mol. The Morgan fingerprint density at radius 3 is 2.23 bits per heavy atom. The number of carbonyl (C=O) groups is 1. The standard InChI is InChI=1S/C38H43NO4/c1-5-41-36(38(40)42-6-2)25-28-13-18-33(19-14-28)43-23-22-39(4)37-34-20-12-27(3)24-31(34)15-16-32-26-30(17-21-35(32)37)29-10-8-7-9-11-29/h7-14,17-21,24,26,36-37H,5-6,15-16,22-23,25H2,1-4H3. The Balaban J connectivity index is 1.29. The summed E-state index contributed by atoms with van der Waals surface area (Å²) in [5.41, 5.74) is 10.4. The molecule has 4 aromatic rings. The quantitative estimate of drug-likeness (QED) is 0.165. The van der Waals surface area contributed by atoms with E-state index in [1.165, 1.54) is 38.9 Å². The third-order valence-electron chi connectivity index (χ3n) is 8.22. The second kappa shape index (κ2) is 14.5. The van der Waals surface area contributed by atoms with Crippen molar-refractivity contribution in [2.24, 2.45) is 0 Å². The molecule has 1 aliphatic rings. The van der Waals surface area contributed by atoms with Crippen LogP contribution in [0.25, 0.3) is 11.1 Å². The van der Waals surface area contributed by atoms with E-state index in [0.717, 1.165) is 30.7 Å². The van der Waals surface area contributed by atoms with E-state index in [9.17, 15) is 4.79 Å². The third-order valence-corrected chi connectivity index (χ3v) is 8.22. The van der Waals surface area contributed by atoms with E-state index < -0.39 is 6.10 Å². The zero-order valence-corrected chi connectivity index (χ0v) is 25.8. The van der Waals surface area contributed by atoms with Gasteiger partial charge in [0, 0.05) is 19.6 Å². The first-order chi connectivity index (χ1) is 21.0. The average molecular weight is 578 g/mol. The molecule has 0 saturated heterocycles. The first-order valence-electron chi connectivity index (χ1n) is 15.4. The van der Waals surface area contributed by atoms with Crippen LogP contribution < -0.4 is 4.74 Å². The van der Waals surface area contributed by atoms with Crippen LogP contribution >= 0.6 is 0 Å². The number of carbonyl (C=O) groups excluding carboxylic acids is 1. The number of fused-ring (bicyclic) bond motifs is 2. The smallest absolute Gasteiger partial charge is 0.335 e. The van der Waals surface area contributed by atoms with Gasteiger partial charge in [-0.05, 0) is 91.7 Å². The Bertz CT molecular complexity index is 1500. The van der Waals surface area contributed by atoms with Gasteiger partial charge in [-0.15, -0.1) is 0 Å². The van der Waals surface area contributed by atoms with E-state index in [1.54, 1.807) is 6.92 Å². The van der Waals surface area contributed by atoms with Crippen LogP contribution in [0.15, 0.2) is 91.0 Å². The van der Waals surface area contributed by atoms with Crippen molar-refractivity contribution in [3.8, 4) is 16.9 Å². The molecule has 4 aromatic carbocycles. The number of nitrogens with zero attached hydrogens (tertiary/aromatic N) is 1. The zero-order chi connectivity index (χ0) is 30.2. The summed E-state index contributed by atoms with van der Waals surface area (Å²) in [5.74, 6) is 0.492. The largest absolute Gasteiger partial charge is 0.492 e. The van der Waals surface area contributed by atoms with Crippen molar-refractivity contribution in [3.63, 3.8) is 0 Å². The average Bonchev–Trinajstić information content (AvgIpc) is 3.18. The number of esters is 1. The van der Waals surface area contributed by atoms with Crippen molar-refractivity contribution in [1.29, 1.82) is 0 Å². The lowest BCUT2D eigenvalue weighted by molar-refractivity contribution is -0.156. The number of likely N-dealkylation sites (N-methyl/N-ethyl adjacent to an activating group) is 1. The van der Waals surface area contributed by atoms with Gasteiger partial charge < -0.3 is 14.2 Å². The van der Waals surface area contributed by atoms with E-state index in [2.05, 4.69) is 85.6 Å². The van der Waals surface area contributed by atoms with E-state index >= 15 is 0 Å². The number of hydrogen-bond donors (Lipinski definition) is 0. The first kappa shape index (κ1) is 30.5. The van der Waals surface area contributed by atoms with Crippen LogP contribution in [0.1, 0.15) is 53.3 Å². The lowest BCUT2D eigenvalue weighted by Crippen LogP contribution is -2.30. The zero-order valence-electron chi connectivity index (χ0n) is 25.8. The fourth-order valence-electron chi connectivity index (χ4n) is 6.05. The highest BCUT2D eigenvalue weighted by Gasteiger charge is 2.27. The summed E-state index contributed by atoms with van der Waals surface area (Å²) in [5, 5.41) is 0. The summed E-state index contributed by atoms with van der Waals surface area (Å²) in [6, 6.07) is 32.6. The highest BCUT2D eigenvalue weighted by molar-refractivity contribution is 5.75. The molecule has 5 heteroatoms. The molecule has 43 heavy (non-hydrogen) atoms. The van der Waals surface area contributed by atoms with Gasteiger partial charge in [-0.3, -0.25) is 4.90 Å². The maximum absolute atomic E-state index is 12.2. The molecule has 5 nitrogen and oxygen atoms in total. The topological polar surface area (TPSA) is 48.0 Å². The number of benzene rings is 4. The fraction of sp³-hybridized carbons (Fsp3) is 0.342. The molecule has 5 rings (SSSR count). The van der Waals surface area contributed by atoms with Crippen LogP contribution in [0.3, 0.4) is 0 Å². The van der Waals surface area contributed by atoms with Crippen LogP contribution in [-0.2, 0) is 33.5 Å². The van der Waals surface area contributed by atoms with Gasteiger partial charge in [0.05, 0.1) is 12.6 Å². The number of rotatable bonds is 12. The van der Waals surface area contributed by atoms with Crippen LogP contribution in [0.2, 0.25) is 0 Å². The van der Waals surface area contributed by atoms with E-state index in [0.29, 0.717) is 26.2 Å². The summed E-state index contributed by atoms with van der Waals surface area (Å²) in [6.07, 6.45) is 1.94. The normalized spacial score (nSPS) is 14.9. The molecule has 0 radical (unpaired) electrons.